The Bertz CT molecular complexity index is 1360. The molecule has 34 heavy (non-hydrogen) atoms. The van der Waals surface area contributed by atoms with E-state index in [0.29, 0.717) is 30.1 Å². The van der Waals surface area contributed by atoms with Crippen LogP contribution in [0.5, 0.6) is 0 Å². The lowest BCUT2D eigenvalue weighted by Crippen LogP contribution is -2.38. The second kappa shape index (κ2) is 8.91. The van der Waals surface area contributed by atoms with Crippen LogP contribution in [-0.4, -0.2) is 21.9 Å². The molecular formula is C27H25F2N3O2. The summed E-state index contributed by atoms with van der Waals surface area (Å²) in [6.07, 6.45) is 1.96. The van der Waals surface area contributed by atoms with Crippen molar-refractivity contribution in [1.82, 2.24) is 9.47 Å². The summed E-state index contributed by atoms with van der Waals surface area (Å²) in [6, 6.07) is 16.3. The zero-order valence-electron chi connectivity index (χ0n) is 19.0. The zero-order chi connectivity index (χ0) is 23.8. The maximum absolute atomic E-state index is 14.8. The Balaban J connectivity index is 1.37. The van der Waals surface area contributed by atoms with Crippen LogP contribution in [0.15, 0.2) is 71.3 Å². The molecule has 174 valence electrons. The van der Waals surface area contributed by atoms with Crippen molar-refractivity contribution < 1.29 is 18.0 Å². The second-order valence-electron chi connectivity index (χ2n) is 8.68. The van der Waals surface area contributed by atoms with E-state index in [0.717, 1.165) is 29.4 Å². The largest absolute Gasteiger partial charge is 0.455 e. The highest BCUT2D eigenvalue weighted by molar-refractivity contribution is 6.02. The number of amides is 1. The van der Waals surface area contributed by atoms with E-state index in [9.17, 15) is 13.6 Å². The molecule has 0 fully saturated rings. The number of carbonyl (C=O) groups is 1. The number of rotatable bonds is 5. The number of benzene rings is 2. The quantitative estimate of drug-likeness (QED) is 0.407. The fourth-order valence-corrected chi connectivity index (χ4v) is 4.48. The number of hydrogen-bond donors (Lipinski definition) is 1. The summed E-state index contributed by atoms with van der Waals surface area (Å²) in [4.78, 5) is 14.8. The third-order valence-corrected chi connectivity index (χ3v) is 6.40. The number of nitrogens with zero attached hydrogens (tertiary/aromatic N) is 2. The number of aromatic nitrogens is 1. The number of hydrogen-bond acceptors (Lipinski definition) is 3. The average Bonchev–Trinajstić information content (AvgIpc) is 3.47. The average molecular weight is 462 g/mol. The lowest BCUT2D eigenvalue weighted by Gasteiger charge is -2.37. The predicted octanol–water partition coefficient (Wildman–Crippen LogP) is 5.83. The predicted molar refractivity (Wildman–Crippen MR) is 126 cm³/mol. The first-order chi connectivity index (χ1) is 16.4. The first-order valence-electron chi connectivity index (χ1n) is 11.2. The summed E-state index contributed by atoms with van der Waals surface area (Å²) < 4.78 is 36.3. The first-order valence-corrected chi connectivity index (χ1v) is 11.2. The number of furan rings is 1. The van der Waals surface area contributed by atoms with Gasteiger partial charge in [0.2, 0.25) is 0 Å². The van der Waals surface area contributed by atoms with Crippen molar-refractivity contribution in [2.75, 3.05) is 11.9 Å². The molecule has 1 N–H and O–H groups in total. The normalized spacial score (nSPS) is 15.8. The van der Waals surface area contributed by atoms with Gasteiger partial charge in [-0.1, -0.05) is 12.1 Å². The molecule has 1 aliphatic heterocycles. The summed E-state index contributed by atoms with van der Waals surface area (Å²) in [5, 5.41) is 2.87. The van der Waals surface area contributed by atoms with Crippen LogP contribution in [0.2, 0.25) is 0 Å². The van der Waals surface area contributed by atoms with Crippen molar-refractivity contribution in [1.29, 1.82) is 0 Å². The van der Waals surface area contributed by atoms with Crippen LogP contribution in [0.3, 0.4) is 0 Å². The Kier molecular flexibility index (Phi) is 5.79. The van der Waals surface area contributed by atoms with Gasteiger partial charge in [-0.05, 0) is 67.4 Å². The van der Waals surface area contributed by atoms with Crippen LogP contribution in [0, 0.1) is 25.5 Å². The molecule has 0 radical (unpaired) electrons. The van der Waals surface area contributed by atoms with Gasteiger partial charge in [-0.3, -0.25) is 9.69 Å². The molecule has 0 spiro atoms. The number of aryl methyl sites for hydroxylation is 2. The number of halogens is 2. The maximum Gasteiger partial charge on any atom is 0.291 e. The molecule has 5 rings (SSSR count). The van der Waals surface area contributed by atoms with Crippen molar-refractivity contribution in [2.24, 2.45) is 0 Å². The third-order valence-electron chi connectivity index (χ3n) is 6.40. The summed E-state index contributed by atoms with van der Waals surface area (Å²) >= 11 is 0. The Morgan fingerprint density at radius 3 is 2.68 bits per heavy atom. The number of nitrogens with one attached hydrogen (secondary N) is 1. The molecule has 2 aromatic heterocycles. The highest BCUT2D eigenvalue weighted by Crippen LogP contribution is 2.35. The minimum absolute atomic E-state index is 0.207. The van der Waals surface area contributed by atoms with Crippen molar-refractivity contribution in [3.63, 3.8) is 0 Å². The van der Waals surface area contributed by atoms with Crippen LogP contribution < -0.4 is 5.32 Å². The zero-order valence-corrected chi connectivity index (χ0v) is 19.0. The van der Waals surface area contributed by atoms with Gasteiger partial charge in [0.1, 0.15) is 17.4 Å². The van der Waals surface area contributed by atoms with Gasteiger partial charge in [0.25, 0.3) is 5.91 Å². The molecular weight excluding hydrogens is 436 g/mol. The molecule has 0 bridgehead atoms. The molecule has 1 amide bonds. The van der Waals surface area contributed by atoms with Crippen molar-refractivity contribution in [3.05, 3.63) is 112 Å². The van der Waals surface area contributed by atoms with Crippen molar-refractivity contribution >= 4 is 11.6 Å². The molecule has 0 saturated heterocycles. The third kappa shape index (κ3) is 4.26. The lowest BCUT2D eigenvalue weighted by atomic mass is 9.99. The Labute approximate surface area is 196 Å². The monoisotopic (exact) mass is 461 g/mol. The van der Waals surface area contributed by atoms with Gasteiger partial charge in [0, 0.05) is 42.3 Å². The number of carbonyl (C=O) groups excluding carboxylic acids is 1. The van der Waals surface area contributed by atoms with Crippen LogP contribution in [-0.2, 0) is 13.1 Å². The summed E-state index contributed by atoms with van der Waals surface area (Å²) in [7, 11) is 0. The smallest absolute Gasteiger partial charge is 0.291 e. The minimum atomic E-state index is -0.607. The molecule has 0 saturated carbocycles. The molecule has 0 aliphatic carbocycles. The Morgan fingerprint density at radius 1 is 1.03 bits per heavy atom. The molecule has 7 heteroatoms. The highest BCUT2D eigenvalue weighted by atomic mass is 19.1. The van der Waals surface area contributed by atoms with Crippen LogP contribution >= 0.6 is 0 Å². The van der Waals surface area contributed by atoms with Crippen LogP contribution in [0.1, 0.15) is 44.7 Å². The molecule has 1 aliphatic rings. The molecule has 4 aromatic rings. The van der Waals surface area contributed by atoms with E-state index in [2.05, 4.69) is 14.8 Å². The first kappa shape index (κ1) is 22.1. The summed E-state index contributed by atoms with van der Waals surface area (Å²) in [5.41, 5.74) is 4.27. The van der Waals surface area contributed by atoms with E-state index in [-0.39, 0.29) is 11.7 Å². The summed E-state index contributed by atoms with van der Waals surface area (Å²) in [5.74, 6) is -0.721. The number of fused-ring (bicyclic) bond motifs is 1. The van der Waals surface area contributed by atoms with Gasteiger partial charge in [-0.15, -0.1) is 0 Å². The molecule has 1 atom stereocenters. The van der Waals surface area contributed by atoms with Gasteiger partial charge >= 0.3 is 0 Å². The highest BCUT2D eigenvalue weighted by Gasteiger charge is 2.31. The molecule has 3 heterocycles. The fourth-order valence-electron chi connectivity index (χ4n) is 4.48. The topological polar surface area (TPSA) is 50.4 Å². The SMILES string of the molecule is Cc1ccc(NC(=O)c2ccc(CN3CCn4cccc4C3c3ccc(F)cc3F)o2)cc1C. The van der Waals surface area contributed by atoms with Crippen LogP contribution in [0.25, 0.3) is 0 Å². The number of anilines is 1. The van der Waals surface area contributed by atoms with Crippen LogP contribution in [0.4, 0.5) is 14.5 Å². The standard InChI is InChI=1S/C27H25F2N3O2/c1-17-5-7-20(14-18(17)2)30-27(33)25-10-8-21(34-25)16-32-13-12-31-11-3-4-24(31)26(32)22-9-6-19(28)15-23(22)29/h3-11,14-15,26H,12-13,16H2,1-2H3,(H,30,33). The van der Waals surface area contributed by atoms with E-state index in [1.807, 2.05) is 50.4 Å². The maximum atomic E-state index is 14.8. The Hall–Kier alpha value is -3.71. The van der Waals surface area contributed by atoms with E-state index in [1.54, 1.807) is 12.1 Å². The van der Waals surface area contributed by atoms with E-state index < -0.39 is 17.7 Å². The van der Waals surface area contributed by atoms with Crippen molar-refractivity contribution in [2.45, 2.75) is 33.0 Å². The minimum Gasteiger partial charge on any atom is -0.455 e. The van der Waals surface area contributed by atoms with Gasteiger partial charge in [0.15, 0.2) is 5.76 Å². The van der Waals surface area contributed by atoms with E-state index in [4.69, 9.17) is 4.42 Å². The summed E-state index contributed by atoms with van der Waals surface area (Å²) in [6.45, 7) is 5.77. The van der Waals surface area contributed by atoms with Crippen molar-refractivity contribution in [3.8, 4) is 0 Å². The molecule has 2 aromatic carbocycles. The van der Waals surface area contributed by atoms with Gasteiger partial charge in [0.05, 0.1) is 12.6 Å². The lowest BCUT2D eigenvalue weighted by molar-refractivity contribution is 0.0989. The van der Waals surface area contributed by atoms with E-state index in [1.165, 1.54) is 12.1 Å². The Morgan fingerprint density at radius 2 is 1.88 bits per heavy atom. The fraction of sp³-hybridized carbons (Fsp3) is 0.222. The van der Waals surface area contributed by atoms with Gasteiger partial charge in [-0.2, -0.15) is 0 Å². The van der Waals surface area contributed by atoms with Gasteiger partial charge in [-0.25, -0.2) is 8.78 Å². The second-order valence-corrected chi connectivity index (χ2v) is 8.68. The molecule has 1 unspecified atom stereocenters. The molecule has 5 nitrogen and oxygen atoms in total. The van der Waals surface area contributed by atoms with Gasteiger partial charge < -0.3 is 14.3 Å². The van der Waals surface area contributed by atoms with E-state index >= 15 is 0 Å².